The van der Waals surface area contributed by atoms with Crippen LogP contribution in [0.1, 0.15) is 31.4 Å². The number of benzene rings is 2. The molecule has 1 atom stereocenters. The summed E-state index contributed by atoms with van der Waals surface area (Å²) in [5.74, 6) is -0.186. The molecule has 2 rings (SSSR count). The molecule has 3 heteroatoms. The first kappa shape index (κ1) is 20.2. The Morgan fingerprint density at radius 2 is 1.38 bits per heavy atom. The highest BCUT2D eigenvalue weighted by Gasteiger charge is 2.19. The Kier molecular flexibility index (Phi) is 8.36. The van der Waals surface area contributed by atoms with Crippen molar-refractivity contribution in [1.82, 2.24) is 5.32 Å². The number of rotatable bonds is 11. The molecule has 140 valence electrons. The highest BCUT2D eigenvalue weighted by Crippen LogP contribution is 2.16. The van der Waals surface area contributed by atoms with Gasteiger partial charge in [-0.2, -0.15) is 0 Å². The molecule has 2 aromatic rings. The molecule has 26 heavy (non-hydrogen) atoms. The van der Waals surface area contributed by atoms with E-state index in [1.165, 1.54) is 11.1 Å². The third kappa shape index (κ3) is 7.40. The van der Waals surface area contributed by atoms with Crippen LogP contribution in [0.15, 0.2) is 60.7 Å². The molecular weight excluding hydrogens is 322 g/mol. The predicted octanol–water partition coefficient (Wildman–Crippen LogP) is 4.42. The van der Waals surface area contributed by atoms with Crippen LogP contribution in [0.2, 0.25) is 0 Å². The van der Waals surface area contributed by atoms with Gasteiger partial charge in [-0.1, -0.05) is 74.5 Å². The van der Waals surface area contributed by atoms with Gasteiger partial charge in [0.05, 0.1) is 5.92 Å². The molecule has 0 saturated carbocycles. The summed E-state index contributed by atoms with van der Waals surface area (Å²) >= 11 is 0. The first-order valence-electron chi connectivity index (χ1n) is 9.56. The monoisotopic (exact) mass is 353 g/mol. The first-order chi connectivity index (χ1) is 12.5. The Balaban J connectivity index is 1.95. The maximum atomic E-state index is 11.5. The van der Waals surface area contributed by atoms with Crippen LogP contribution >= 0.6 is 0 Å². The van der Waals surface area contributed by atoms with Crippen molar-refractivity contribution < 1.29 is 9.90 Å². The molecule has 2 aromatic carbocycles. The molecular formula is C23H31NO2. The summed E-state index contributed by atoms with van der Waals surface area (Å²) in [4.78, 5) is 11.5. The first-order valence-corrected chi connectivity index (χ1v) is 9.56. The number of carbonyl (C=O) groups is 1. The van der Waals surface area contributed by atoms with Crippen molar-refractivity contribution in [2.24, 2.45) is 17.8 Å². The molecule has 0 bridgehead atoms. The van der Waals surface area contributed by atoms with Crippen LogP contribution in [-0.2, 0) is 17.6 Å². The number of nitrogens with one attached hydrogen (secondary N) is 1. The van der Waals surface area contributed by atoms with E-state index in [0.29, 0.717) is 24.8 Å². The van der Waals surface area contributed by atoms with Crippen molar-refractivity contribution in [2.75, 3.05) is 13.1 Å². The highest BCUT2D eigenvalue weighted by molar-refractivity contribution is 5.70. The molecule has 2 N–H and O–H groups in total. The second kappa shape index (κ2) is 10.8. The van der Waals surface area contributed by atoms with E-state index < -0.39 is 5.97 Å². The van der Waals surface area contributed by atoms with Crippen molar-refractivity contribution in [3.8, 4) is 0 Å². The maximum Gasteiger partial charge on any atom is 0.307 e. The van der Waals surface area contributed by atoms with Gasteiger partial charge in [-0.3, -0.25) is 4.79 Å². The van der Waals surface area contributed by atoms with Gasteiger partial charge in [0.15, 0.2) is 0 Å². The van der Waals surface area contributed by atoms with Gasteiger partial charge in [0.2, 0.25) is 0 Å². The summed E-state index contributed by atoms with van der Waals surface area (Å²) in [7, 11) is 0. The summed E-state index contributed by atoms with van der Waals surface area (Å²) in [6.45, 7) is 5.51. The summed E-state index contributed by atoms with van der Waals surface area (Å²) in [5, 5.41) is 12.8. The quantitative estimate of drug-likeness (QED) is 0.628. The number of carboxylic acids is 1. The minimum atomic E-state index is -0.700. The number of hydrogen-bond donors (Lipinski definition) is 2. The van der Waals surface area contributed by atoms with E-state index in [4.69, 9.17) is 0 Å². The average Bonchev–Trinajstić information content (AvgIpc) is 2.62. The fourth-order valence-electron chi connectivity index (χ4n) is 3.41. The van der Waals surface area contributed by atoms with Crippen LogP contribution in [0.4, 0.5) is 0 Å². The highest BCUT2D eigenvalue weighted by atomic mass is 16.4. The SMILES string of the molecule is CC(C)CC(CNCC(Cc1ccccc1)Cc1ccccc1)C(=O)O. The zero-order chi connectivity index (χ0) is 18.8. The third-order valence-corrected chi connectivity index (χ3v) is 4.66. The Bertz CT molecular complexity index is 598. The molecule has 0 heterocycles. The zero-order valence-electron chi connectivity index (χ0n) is 15.9. The number of carboxylic acid groups (broad SMARTS) is 1. The normalized spacial score (nSPS) is 12.5. The molecule has 0 saturated heterocycles. The van der Waals surface area contributed by atoms with E-state index in [1.807, 2.05) is 12.1 Å². The summed E-state index contributed by atoms with van der Waals surface area (Å²) in [6, 6.07) is 21.0. The molecule has 0 aliphatic heterocycles. The van der Waals surface area contributed by atoms with Gasteiger partial charge in [0, 0.05) is 6.54 Å². The number of aliphatic carboxylic acids is 1. The van der Waals surface area contributed by atoms with E-state index in [-0.39, 0.29) is 5.92 Å². The van der Waals surface area contributed by atoms with Crippen molar-refractivity contribution >= 4 is 5.97 Å². The predicted molar refractivity (Wildman–Crippen MR) is 107 cm³/mol. The topological polar surface area (TPSA) is 49.3 Å². The van der Waals surface area contributed by atoms with E-state index >= 15 is 0 Å². The molecule has 0 spiro atoms. The standard InChI is InChI=1S/C23H31NO2/c1-18(2)13-22(23(25)26)17-24-16-21(14-19-9-5-3-6-10-19)15-20-11-7-4-8-12-20/h3-12,18,21-22,24H,13-17H2,1-2H3,(H,25,26). The Morgan fingerprint density at radius 3 is 1.81 bits per heavy atom. The van der Waals surface area contributed by atoms with Crippen LogP contribution in [0.25, 0.3) is 0 Å². The van der Waals surface area contributed by atoms with Crippen LogP contribution in [0, 0.1) is 17.8 Å². The van der Waals surface area contributed by atoms with Gasteiger partial charge in [-0.25, -0.2) is 0 Å². The van der Waals surface area contributed by atoms with E-state index in [1.54, 1.807) is 0 Å². The van der Waals surface area contributed by atoms with Gasteiger partial charge in [-0.15, -0.1) is 0 Å². The van der Waals surface area contributed by atoms with E-state index in [0.717, 1.165) is 19.4 Å². The smallest absolute Gasteiger partial charge is 0.307 e. The third-order valence-electron chi connectivity index (χ3n) is 4.66. The lowest BCUT2D eigenvalue weighted by atomic mass is 9.92. The van der Waals surface area contributed by atoms with Gasteiger partial charge in [0.1, 0.15) is 0 Å². The zero-order valence-corrected chi connectivity index (χ0v) is 15.9. The van der Waals surface area contributed by atoms with E-state index in [9.17, 15) is 9.90 Å². The lowest BCUT2D eigenvalue weighted by molar-refractivity contribution is -0.142. The second-order valence-corrected chi connectivity index (χ2v) is 7.57. The van der Waals surface area contributed by atoms with Crippen molar-refractivity contribution in [1.29, 1.82) is 0 Å². The molecule has 0 aromatic heterocycles. The van der Waals surface area contributed by atoms with Gasteiger partial charge in [0.25, 0.3) is 0 Å². The minimum absolute atomic E-state index is 0.316. The van der Waals surface area contributed by atoms with Gasteiger partial charge >= 0.3 is 5.97 Å². The molecule has 0 aliphatic rings. The Labute approximate surface area is 157 Å². The van der Waals surface area contributed by atoms with Crippen molar-refractivity contribution in [2.45, 2.75) is 33.1 Å². The fraction of sp³-hybridized carbons (Fsp3) is 0.435. The summed E-state index contributed by atoms with van der Waals surface area (Å²) in [5.41, 5.74) is 2.65. The summed E-state index contributed by atoms with van der Waals surface area (Å²) in [6.07, 6.45) is 2.69. The summed E-state index contributed by atoms with van der Waals surface area (Å²) < 4.78 is 0. The Hall–Kier alpha value is -2.13. The van der Waals surface area contributed by atoms with Crippen LogP contribution in [0.5, 0.6) is 0 Å². The molecule has 0 fully saturated rings. The lowest BCUT2D eigenvalue weighted by Gasteiger charge is -2.21. The molecule has 0 amide bonds. The molecule has 1 unspecified atom stereocenters. The van der Waals surface area contributed by atoms with Crippen molar-refractivity contribution in [3.63, 3.8) is 0 Å². The number of hydrogen-bond acceptors (Lipinski definition) is 2. The van der Waals surface area contributed by atoms with Gasteiger partial charge in [-0.05, 0) is 48.8 Å². The van der Waals surface area contributed by atoms with Crippen molar-refractivity contribution in [3.05, 3.63) is 71.8 Å². The Morgan fingerprint density at radius 1 is 0.885 bits per heavy atom. The fourth-order valence-corrected chi connectivity index (χ4v) is 3.41. The van der Waals surface area contributed by atoms with Gasteiger partial charge < -0.3 is 10.4 Å². The maximum absolute atomic E-state index is 11.5. The molecule has 3 nitrogen and oxygen atoms in total. The van der Waals surface area contributed by atoms with Crippen LogP contribution in [0.3, 0.4) is 0 Å². The largest absolute Gasteiger partial charge is 0.481 e. The average molecular weight is 354 g/mol. The molecule has 0 radical (unpaired) electrons. The lowest BCUT2D eigenvalue weighted by Crippen LogP contribution is -2.33. The molecule has 0 aliphatic carbocycles. The van der Waals surface area contributed by atoms with Crippen LogP contribution < -0.4 is 5.32 Å². The minimum Gasteiger partial charge on any atom is -0.481 e. The second-order valence-electron chi connectivity index (χ2n) is 7.57. The van der Waals surface area contributed by atoms with Crippen LogP contribution in [-0.4, -0.2) is 24.2 Å². The van der Waals surface area contributed by atoms with E-state index in [2.05, 4.69) is 67.7 Å².